The van der Waals surface area contributed by atoms with E-state index in [1.807, 2.05) is 14.0 Å². The maximum Gasteiger partial charge on any atom is 0.343 e. The van der Waals surface area contributed by atoms with Gasteiger partial charge in [0.2, 0.25) is 6.20 Å². The summed E-state index contributed by atoms with van der Waals surface area (Å²) in [6.45, 7) is 13.4. The molecule has 0 unspecified atom stereocenters. The van der Waals surface area contributed by atoms with Gasteiger partial charge in [-0.05, 0) is 13.8 Å². The van der Waals surface area contributed by atoms with E-state index in [2.05, 4.69) is 56.6 Å². The fraction of sp³-hybridized carbons (Fsp3) is 0.588. The Kier molecular flexibility index (Phi) is 3.90. The number of nitriles is 1. The molecule has 0 aliphatic rings. The Morgan fingerprint density at radius 1 is 1.32 bits per heavy atom. The molecule has 2 aromatic rings. The fourth-order valence-corrected chi connectivity index (χ4v) is 2.80. The van der Waals surface area contributed by atoms with Gasteiger partial charge in [-0.25, -0.2) is 0 Å². The molecule has 0 saturated heterocycles. The lowest BCUT2D eigenvalue weighted by Crippen LogP contribution is -2.45. The van der Waals surface area contributed by atoms with Crippen LogP contribution in [0.2, 0.25) is 0 Å². The molecule has 2 rings (SSSR count). The maximum atomic E-state index is 9.30. The van der Waals surface area contributed by atoms with Crippen molar-refractivity contribution in [2.45, 2.75) is 58.9 Å². The molecule has 22 heavy (non-hydrogen) atoms. The van der Waals surface area contributed by atoms with Crippen molar-refractivity contribution < 1.29 is 8.98 Å². The normalized spacial score (nSPS) is 12.5. The van der Waals surface area contributed by atoms with Crippen molar-refractivity contribution in [1.82, 2.24) is 9.78 Å². The summed E-state index contributed by atoms with van der Waals surface area (Å²) in [5, 5.41) is 13.5. The van der Waals surface area contributed by atoms with Gasteiger partial charge in [-0.15, -0.1) is 0 Å². The van der Waals surface area contributed by atoms with Gasteiger partial charge in [0.05, 0.1) is 29.8 Å². The molecule has 0 bridgehead atoms. The van der Waals surface area contributed by atoms with Crippen molar-refractivity contribution in [3.63, 3.8) is 0 Å². The zero-order valence-electron chi connectivity index (χ0n) is 14.6. The van der Waals surface area contributed by atoms with Gasteiger partial charge in [-0.1, -0.05) is 20.8 Å². The molecule has 5 heteroatoms. The van der Waals surface area contributed by atoms with Crippen molar-refractivity contribution in [2.24, 2.45) is 7.05 Å². The van der Waals surface area contributed by atoms with Gasteiger partial charge in [-0.3, -0.25) is 4.68 Å². The quantitative estimate of drug-likeness (QED) is 0.819. The lowest BCUT2D eigenvalue weighted by atomic mass is 9.86. The molecular weight excluding hydrogens is 276 g/mol. The molecule has 5 nitrogen and oxygen atoms in total. The molecule has 0 atom stereocenters. The van der Waals surface area contributed by atoms with Crippen molar-refractivity contribution in [3.05, 3.63) is 35.3 Å². The highest BCUT2D eigenvalue weighted by molar-refractivity contribution is 5.35. The van der Waals surface area contributed by atoms with Crippen molar-refractivity contribution in [3.8, 4) is 6.07 Å². The van der Waals surface area contributed by atoms with Crippen molar-refractivity contribution >= 4 is 0 Å². The summed E-state index contributed by atoms with van der Waals surface area (Å²) in [4.78, 5) is 0. The molecule has 0 aliphatic carbocycles. The molecule has 2 aromatic heterocycles. The van der Waals surface area contributed by atoms with Crippen LogP contribution in [0.5, 0.6) is 0 Å². The van der Waals surface area contributed by atoms with Gasteiger partial charge in [-0.2, -0.15) is 14.9 Å². The third kappa shape index (κ3) is 2.92. The van der Waals surface area contributed by atoms with Crippen LogP contribution >= 0.6 is 0 Å². The van der Waals surface area contributed by atoms with Gasteiger partial charge in [0, 0.05) is 12.5 Å². The molecule has 0 aromatic carbocycles. The minimum atomic E-state index is -0.231. The second kappa shape index (κ2) is 5.28. The van der Waals surface area contributed by atoms with Gasteiger partial charge in [0.25, 0.3) is 0 Å². The molecular formula is C17H25N4O+. The summed E-state index contributed by atoms with van der Waals surface area (Å²) < 4.78 is 9.82. The largest absolute Gasteiger partial charge is 0.406 e. The standard InChI is InChI=1S/C17H25N4O/c1-12-21(10-14(22-12)16(2,3)4)11-17(5,6)15-13(8-18)9-19-20(15)7/h9-10H,11H2,1-7H3/q+1. The SMILES string of the molecule is Cc1oc(C(C)(C)C)c[n+]1CC(C)(C)c1c(C#N)cnn1C. The van der Waals surface area contributed by atoms with E-state index in [-0.39, 0.29) is 10.8 Å². The predicted molar refractivity (Wildman–Crippen MR) is 83.3 cm³/mol. The van der Waals surface area contributed by atoms with E-state index < -0.39 is 0 Å². The number of aromatic nitrogens is 3. The number of nitrogens with zero attached hydrogens (tertiary/aromatic N) is 4. The van der Waals surface area contributed by atoms with Crippen LogP contribution in [0.4, 0.5) is 0 Å². The van der Waals surface area contributed by atoms with E-state index in [9.17, 15) is 5.26 Å². The monoisotopic (exact) mass is 301 g/mol. The zero-order valence-corrected chi connectivity index (χ0v) is 14.6. The average Bonchev–Trinajstić information content (AvgIpc) is 2.93. The lowest BCUT2D eigenvalue weighted by molar-refractivity contribution is -0.713. The highest BCUT2D eigenvalue weighted by Gasteiger charge is 2.35. The summed E-state index contributed by atoms with van der Waals surface area (Å²) in [5.74, 6) is 1.84. The Bertz CT molecular complexity index is 723. The lowest BCUT2D eigenvalue weighted by Gasteiger charge is -2.21. The van der Waals surface area contributed by atoms with E-state index in [4.69, 9.17) is 4.42 Å². The first kappa shape index (κ1) is 16.3. The molecule has 0 radical (unpaired) electrons. The molecule has 0 spiro atoms. The Morgan fingerprint density at radius 3 is 2.45 bits per heavy atom. The third-order valence-corrected chi connectivity index (χ3v) is 3.94. The number of aryl methyl sites for hydroxylation is 2. The van der Waals surface area contributed by atoms with Crippen LogP contribution in [0, 0.1) is 18.3 Å². The Morgan fingerprint density at radius 2 is 1.95 bits per heavy atom. The summed E-state index contributed by atoms with van der Waals surface area (Å²) in [6.07, 6.45) is 3.70. The van der Waals surface area contributed by atoms with Gasteiger partial charge < -0.3 is 4.42 Å². The first-order valence-electron chi connectivity index (χ1n) is 7.49. The third-order valence-electron chi connectivity index (χ3n) is 3.94. The van der Waals surface area contributed by atoms with E-state index in [0.29, 0.717) is 5.56 Å². The van der Waals surface area contributed by atoms with Gasteiger partial charge >= 0.3 is 5.89 Å². The first-order valence-corrected chi connectivity index (χ1v) is 7.49. The maximum absolute atomic E-state index is 9.30. The molecule has 0 aliphatic heterocycles. The number of hydrogen-bond acceptors (Lipinski definition) is 3. The average molecular weight is 301 g/mol. The van der Waals surface area contributed by atoms with E-state index in [1.165, 1.54) is 0 Å². The zero-order chi connectivity index (χ0) is 16.7. The Balaban J connectivity index is 2.39. The van der Waals surface area contributed by atoms with Gasteiger partial charge in [0.15, 0.2) is 12.3 Å². The van der Waals surface area contributed by atoms with Crippen molar-refractivity contribution in [2.75, 3.05) is 0 Å². The molecule has 0 saturated carbocycles. The van der Waals surface area contributed by atoms with E-state index in [1.54, 1.807) is 10.9 Å². The summed E-state index contributed by atoms with van der Waals surface area (Å²) in [6, 6.07) is 2.24. The smallest absolute Gasteiger partial charge is 0.343 e. The number of hydrogen-bond donors (Lipinski definition) is 0. The first-order chi connectivity index (χ1) is 10.1. The second-order valence-corrected chi connectivity index (χ2v) is 7.52. The van der Waals surface area contributed by atoms with Crippen LogP contribution in [0.25, 0.3) is 0 Å². The van der Waals surface area contributed by atoms with Crippen LogP contribution in [0.3, 0.4) is 0 Å². The van der Waals surface area contributed by atoms with Crippen LogP contribution in [0.1, 0.15) is 57.5 Å². The Hall–Kier alpha value is -2.09. The molecule has 2 heterocycles. The van der Waals surface area contributed by atoms with Crippen molar-refractivity contribution in [1.29, 1.82) is 5.26 Å². The van der Waals surface area contributed by atoms with Crippen LogP contribution in [-0.4, -0.2) is 9.78 Å². The molecule has 118 valence electrons. The summed E-state index contributed by atoms with van der Waals surface area (Å²) in [5.41, 5.74) is 1.32. The van der Waals surface area contributed by atoms with E-state index in [0.717, 1.165) is 23.9 Å². The predicted octanol–water partition coefficient (Wildman–Crippen LogP) is 2.76. The summed E-state index contributed by atoms with van der Waals surface area (Å²) >= 11 is 0. The fourth-order valence-electron chi connectivity index (χ4n) is 2.80. The van der Waals surface area contributed by atoms with Crippen LogP contribution < -0.4 is 4.57 Å². The topological polar surface area (TPSA) is 58.6 Å². The highest BCUT2D eigenvalue weighted by Crippen LogP contribution is 2.27. The minimum Gasteiger partial charge on any atom is -0.406 e. The molecule has 0 fully saturated rings. The molecule has 0 N–H and O–H groups in total. The van der Waals surface area contributed by atoms with Crippen LogP contribution in [0.15, 0.2) is 16.8 Å². The van der Waals surface area contributed by atoms with Crippen LogP contribution in [-0.2, 0) is 24.4 Å². The highest BCUT2D eigenvalue weighted by atomic mass is 16.4. The second-order valence-electron chi connectivity index (χ2n) is 7.52. The summed E-state index contributed by atoms with van der Waals surface area (Å²) in [7, 11) is 1.88. The number of oxazole rings is 1. The van der Waals surface area contributed by atoms with Gasteiger partial charge in [0.1, 0.15) is 6.07 Å². The minimum absolute atomic E-state index is 0.0233. The van der Waals surface area contributed by atoms with E-state index >= 15 is 0 Å². The number of rotatable bonds is 3. The Labute approximate surface area is 132 Å². The molecule has 0 amide bonds.